The maximum absolute atomic E-state index is 12.2. The molecule has 20 heavy (non-hydrogen) atoms. The molecule has 1 amide bonds. The van der Waals surface area contributed by atoms with Crippen LogP contribution in [-0.2, 0) is 0 Å². The van der Waals surface area contributed by atoms with Gasteiger partial charge in [-0.2, -0.15) is 0 Å². The van der Waals surface area contributed by atoms with E-state index in [1.807, 2.05) is 13.8 Å². The summed E-state index contributed by atoms with van der Waals surface area (Å²) in [4.78, 5) is 12.2. The summed E-state index contributed by atoms with van der Waals surface area (Å²) in [6, 6.07) is 3.40. The highest BCUT2D eigenvalue weighted by Crippen LogP contribution is 2.38. The lowest BCUT2D eigenvalue weighted by molar-refractivity contribution is 0.0914. The minimum absolute atomic E-state index is 0. The van der Waals surface area contributed by atoms with Gasteiger partial charge in [0.25, 0.3) is 5.91 Å². The first-order valence-corrected chi connectivity index (χ1v) is 6.84. The Labute approximate surface area is 132 Å². The van der Waals surface area contributed by atoms with Crippen molar-refractivity contribution in [2.75, 3.05) is 19.8 Å². The molecular formula is C13H18BrClN2O3. The lowest BCUT2D eigenvalue weighted by Crippen LogP contribution is -2.48. The van der Waals surface area contributed by atoms with Crippen LogP contribution in [0.25, 0.3) is 0 Å². The third-order valence-corrected chi connectivity index (χ3v) is 3.41. The summed E-state index contributed by atoms with van der Waals surface area (Å²) < 4.78 is 11.7. The smallest absolute Gasteiger partial charge is 0.251 e. The van der Waals surface area contributed by atoms with Gasteiger partial charge in [-0.25, -0.2) is 0 Å². The molecule has 0 saturated carbocycles. The number of benzene rings is 1. The predicted octanol–water partition coefficient (Wildman–Crippen LogP) is 2.11. The molecule has 112 valence electrons. The summed E-state index contributed by atoms with van der Waals surface area (Å²) >= 11 is 3.39. The maximum Gasteiger partial charge on any atom is 0.251 e. The number of halogens is 2. The number of carbonyl (C=O) groups excluding carboxylic acids is 1. The van der Waals surface area contributed by atoms with Gasteiger partial charge in [0, 0.05) is 17.6 Å². The van der Waals surface area contributed by atoms with E-state index < -0.39 is 5.54 Å². The van der Waals surface area contributed by atoms with E-state index in [4.69, 9.17) is 15.2 Å². The molecule has 0 fully saturated rings. The molecule has 1 heterocycles. The molecular weight excluding hydrogens is 348 g/mol. The van der Waals surface area contributed by atoms with Crippen molar-refractivity contribution in [3.63, 3.8) is 0 Å². The molecule has 0 bridgehead atoms. The normalized spacial score (nSPS) is 13.4. The van der Waals surface area contributed by atoms with Gasteiger partial charge >= 0.3 is 0 Å². The van der Waals surface area contributed by atoms with Crippen molar-refractivity contribution >= 4 is 34.2 Å². The number of ether oxygens (including phenoxy) is 2. The van der Waals surface area contributed by atoms with Gasteiger partial charge in [0.05, 0.1) is 4.47 Å². The Hall–Kier alpha value is -0.980. The van der Waals surface area contributed by atoms with Crippen molar-refractivity contribution in [2.45, 2.75) is 19.4 Å². The molecule has 0 radical (unpaired) electrons. The lowest BCUT2D eigenvalue weighted by Gasteiger charge is -2.25. The average molecular weight is 366 g/mol. The number of hydrogen-bond acceptors (Lipinski definition) is 4. The summed E-state index contributed by atoms with van der Waals surface area (Å²) in [5, 5.41) is 2.88. The third kappa shape index (κ3) is 3.77. The summed E-state index contributed by atoms with van der Waals surface area (Å²) in [5.74, 6) is 1.03. The predicted molar refractivity (Wildman–Crippen MR) is 83.0 cm³/mol. The topological polar surface area (TPSA) is 73.6 Å². The largest absolute Gasteiger partial charge is 0.486 e. The fourth-order valence-electron chi connectivity index (χ4n) is 1.67. The molecule has 0 aliphatic carbocycles. The highest BCUT2D eigenvalue weighted by molar-refractivity contribution is 9.10. The van der Waals surface area contributed by atoms with Gasteiger partial charge in [0.15, 0.2) is 11.5 Å². The minimum Gasteiger partial charge on any atom is -0.486 e. The Morgan fingerprint density at radius 1 is 1.40 bits per heavy atom. The van der Waals surface area contributed by atoms with E-state index in [9.17, 15) is 4.79 Å². The molecule has 7 heteroatoms. The number of nitrogens with two attached hydrogens (primary N) is 1. The second-order valence-corrected chi connectivity index (χ2v) is 5.88. The molecule has 1 aliphatic heterocycles. The fourth-order valence-corrected chi connectivity index (χ4v) is 2.23. The minimum atomic E-state index is -0.448. The van der Waals surface area contributed by atoms with Crippen LogP contribution in [0.1, 0.15) is 24.2 Å². The molecule has 1 aliphatic rings. The van der Waals surface area contributed by atoms with Gasteiger partial charge < -0.3 is 20.5 Å². The molecule has 0 aromatic heterocycles. The van der Waals surface area contributed by atoms with E-state index in [0.29, 0.717) is 41.3 Å². The number of fused-ring (bicyclic) bond motifs is 1. The fraction of sp³-hybridized carbons (Fsp3) is 0.462. The molecule has 0 spiro atoms. The van der Waals surface area contributed by atoms with Crippen molar-refractivity contribution in [1.82, 2.24) is 5.32 Å². The van der Waals surface area contributed by atoms with Crippen LogP contribution in [0.5, 0.6) is 11.5 Å². The maximum atomic E-state index is 12.2. The monoisotopic (exact) mass is 364 g/mol. The van der Waals surface area contributed by atoms with Crippen molar-refractivity contribution in [2.24, 2.45) is 5.73 Å². The number of hydrogen-bond donors (Lipinski definition) is 2. The second-order valence-electron chi connectivity index (χ2n) is 5.02. The Morgan fingerprint density at radius 2 is 2.05 bits per heavy atom. The van der Waals surface area contributed by atoms with Gasteiger partial charge in [-0.1, -0.05) is 0 Å². The van der Waals surface area contributed by atoms with Crippen LogP contribution in [-0.4, -0.2) is 31.2 Å². The van der Waals surface area contributed by atoms with E-state index in [1.54, 1.807) is 12.1 Å². The number of amides is 1. The third-order valence-electron chi connectivity index (χ3n) is 2.82. The van der Waals surface area contributed by atoms with Crippen LogP contribution in [0.2, 0.25) is 0 Å². The highest BCUT2D eigenvalue weighted by atomic mass is 79.9. The Bertz CT molecular complexity index is 509. The molecule has 1 aromatic carbocycles. The van der Waals surface area contributed by atoms with Crippen LogP contribution < -0.4 is 20.5 Å². The Kier molecular flexibility index (Phi) is 5.68. The second kappa shape index (κ2) is 6.65. The van der Waals surface area contributed by atoms with Crippen molar-refractivity contribution in [3.8, 4) is 11.5 Å². The van der Waals surface area contributed by atoms with E-state index in [-0.39, 0.29) is 18.3 Å². The van der Waals surface area contributed by atoms with Gasteiger partial charge in [0.1, 0.15) is 13.2 Å². The average Bonchev–Trinajstić information content (AvgIpc) is 2.38. The molecule has 0 atom stereocenters. The van der Waals surface area contributed by atoms with Crippen LogP contribution in [0.15, 0.2) is 16.6 Å². The first kappa shape index (κ1) is 17.1. The highest BCUT2D eigenvalue weighted by Gasteiger charge is 2.22. The lowest BCUT2D eigenvalue weighted by atomic mass is 10.0. The zero-order valence-electron chi connectivity index (χ0n) is 11.4. The number of rotatable bonds is 3. The summed E-state index contributed by atoms with van der Waals surface area (Å²) in [6.07, 6.45) is 0. The first-order valence-electron chi connectivity index (χ1n) is 6.05. The zero-order valence-corrected chi connectivity index (χ0v) is 13.8. The van der Waals surface area contributed by atoms with E-state index in [1.165, 1.54) is 0 Å². The number of carbonyl (C=O) groups is 1. The van der Waals surface area contributed by atoms with E-state index in [0.717, 1.165) is 0 Å². The molecule has 0 unspecified atom stereocenters. The molecule has 1 aromatic rings. The zero-order chi connectivity index (χ0) is 14.0. The Balaban J connectivity index is 0.00000200. The molecule has 0 saturated heterocycles. The van der Waals surface area contributed by atoms with Gasteiger partial charge in [-0.3, -0.25) is 4.79 Å². The van der Waals surface area contributed by atoms with Crippen LogP contribution in [0.4, 0.5) is 0 Å². The van der Waals surface area contributed by atoms with Crippen molar-refractivity contribution < 1.29 is 14.3 Å². The summed E-state index contributed by atoms with van der Waals surface area (Å²) in [7, 11) is 0. The Morgan fingerprint density at radius 3 is 2.70 bits per heavy atom. The van der Waals surface area contributed by atoms with Gasteiger partial charge in [-0.05, 0) is 41.9 Å². The van der Waals surface area contributed by atoms with E-state index >= 15 is 0 Å². The molecule has 2 rings (SSSR count). The standard InChI is InChI=1S/C13H17BrN2O3.ClH/c1-13(2,7-15)16-12(17)8-5-9(14)11-10(6-8)18-3-4-19-11;/h5-6H,3-4,7,15H2,1-2H3,(H,16,17);1H. The van der Waals surface area contributed by atoms with Crippen molar-refractivity contribution in [1.29, 1.82) is 0 Å². The van der Waals surface area contributed by atoms with Crippen molar-refractivity contribution in [3.05, 3.63) is 22.2 Å². The summed E-state index contributed by atoms with van der Waals surface area (Å²) in [6.45, 7) is 5.11. The van der Waals surface area contributed by atoms with Gasteiger partial charge in [0.2, 0.25) is 0 Å². The van der Waals surface area contributed by atoms with Crippen LogP contribution >= 0.6 is 28.3 Å². The molecule has 5 nitrogen and oxygen atoms in total. The van der Waals surface area contributed by atoms with E-state index in [2.05, 4.69) is 21.2 Å². The van der Waals surface area contributed by atoms with Crippen LogP contribution in [0.3, 0.4) is 0 Å². The molecule has 3 N–H and O–H groups in total. The number of nitrogens with one attached hydrogen (secondary N) is 1. The van der Waals surface area contributed by atoms with Crippen LogP contribution in [0, 0.1) is 0 Å². The quantitative estimate of drug-likeness (QED) is 0.860. The SMILES string of the molecule is CC(C)(CN)NC(=O)c1cc(Br)c2c(c1)OCCO2.Cl. The first-order chi connectivity index (χ1) is 8.93. The summed E-state index contributed by atoms with van der Waals surface area (Å²) in [5.41, 5.74) is 5.67. The van der Waals surface area contributed by atoms with Gasteiger partial charge in [-0.15, -0.1) is 12.4 Å².